The zero-order valence-corrected chi connectivity index (χ0v) is 13.8. The van der Waals surface area contributed by atoms with E-state index in [9.17, 15) is 9.18 Å². The molecule has 0 saturated carbocycles. The molecule has 7 heteroatoms. The van der Waals surface area contributed by atoms with Crippen molar-refractivity contribution in [3.63, 3.8) is 0 Å². The molecular formula is C16H23ClFN3O2. The van der Waals surface area contributed by atoms with E-state index in [-0.39, 0.29) is 36.3 Å². The highest BCUT2D eigenvalue weighted by Crippen LogP contribution is 2.21. The SMILES string of the molecule is Cl.O=C(Nc1ccc(NCC2CCCO2)c(F)c1)[C@@H]1CCCN1. The number of hydrogen-bond donors (Lipinski definition) is 3. The Bertz CT molecular complexity index is 532. The van der Waals surface area contributed by atoms with Gasteiger partial charge in [-0.1, -0.05) is 0 Å². The number of carbonyl (C=O) groups excluding carboxylic acids is 1. The van der Waals surface area contributed by atoms with Gasteiger partial charge in [-0.15, -0.1) is 12.4 Å². The summed E-state index contributed by atoms with van der Waals surface area (Å²) in [7, 11) is 0. The minimum absolute atomic E-state index is 0. The third-order valence-corrected chi connectivity index (χ3v) is 4.16. The van der Waals surface area contributed by atoms with E-state index in [2.05, 4.69) is 16.0 Å². The van der Waals surface area contributed by atoms with Gasteiger partial charge in [-0.05, 0) is 50.4 Å². The molecule has 1 amide bonds. The predicted molar refractivity (Wildman–Crippen MR) is 90.8 cm³/mol. The van der Waals surface area contributed by atoms with Crippen molar-refractivity contribution in [3.05, 3.63) is 24.0 Å². The van der Waals surface area contributed by atoms with E-state index in [4.69, 9.17) is 4.74 Å². The molecule has 2 fully saturated rings. The van der Waals surface area contributed by atoms with Crippen molar-refractivity contribution in [1.29, 1.82) is 0 Å². The second-order valence-corrected chi connectivity index (χ2v) is 5.85. The van der Waals surface area contributed by atoms with Crippen molar-refractivity contribution in [1.82, 2.24) is 5.32 Å². The largest absolute Gasteiger partial charge is 0.380 e. The van der Waals surface area contributed by atoms with Gasteiger partial charge < -0.3 is 20.7 Å². The number of ether oxygens (including phenoxy) is 1. The highest BCUT2D eigenvalue weighted by atomic mass is 35.5. The molecule has 0 radical (unpaired) electrons. The maximum atomic E-state index is 14.1. The fraction of sp³-hybridized carbons (Fsp3) is 0.562. The van der Waals surface area contributed by atoms with Crippen LogP contribution in [0.2, 0.25) is 0 Å². The highest BCUT2D eigenvalue weighted by molar-refractivity contribution is 5.95. The molecule has 2 heterocycles. The lowest BCUT2D eigenvalue weighted by Gasteiger charge is -2.14. The van der Waals surface area contributed by atoms with Crippen molar-refractivity contribution in [2.45, 2.75) is 37.8 Å². The molecule has 3 rings (SSSR count). The molecule has 23 heavy (non-hydrogen) atoms. The second-order valence-electron chi connectivity index (χ2n) is 5.85. The topological polar surface area (TPSA) is 62.4 Å². The zero-order chi connectivity index (χ0) is 15.4. The lowest BCUT2D eigenvalue weighted by molar-refractivity contribution is -0.117. The average molecular weight is 344 g/mol. The van der Waals surface area contributed by atoms with Crippen LogP contribution in [-0.4, -0.2) is 37.7 Å². The third kappa shape index (κ3) is 4.80. The van der Waals surface area contributed by atoms with E-state index in [1.54, 1.807) is 12.1 Å². The van der Waals surface area contributed by atoms with Crippen LogP contribution in [0.5, 0.6) is 0 Å². The first-order chi connectivity index (χ1) is 10.7. The standard InChI is InChI=1S/C16H22FN3O2.ClH/c17-13-9-11(20-16(21)15-4-1-7-18-15)5-6-14(13)19-10-12-3-2-8-22-12;/h5-6,9,12,15,18-19H,1-4,7-8,10H2,(H,20,21);1H/t12?,15-;/m0./s1. The summed E-state index contributed by atoms with van der Waals surface area (Å²) in [5, 5.41) is 8.94. The summed E-state index contributed by atoms with van der Waals surface area (Å²) in [5.41, 5.74) is 0.923. The van der Waals surface area contributed by atoms with Gasteiger partial charge >= 0.3 is 0 Å². The van der Waals surface area contributed by atoms with Crippen LogP contribution in [0.15, 0.2) is 18.2 Å². The summed E-state index contributed by atoms with van der Waals surface area (Å²) in [5.74, 6) is -0.466. The van der Waals surface area contributed by atoms with Crippen molar-refractivity contribution in [3.8, 4) is 0 Å². The van der Waals surface area contributed by atoms with Gasteiger partial charge in [0.25, 0.3) is 0 Å². The molecule has 5 nitrogen and oxygen atoms in total. The molecule has 128 valence electrons. The molecule has 0 bridgehead atoms. The average Bonchev–Trinajstić information content (AvgIpc) is 3.20. The van der Waals surface area contributed by atoms with Crippen LogP contribution in [0.4, 0.5) is 15.8 Å². The third-order valence-electron chi connectivity index (χ3n) is 4.16. The van der Waals surface area contributed by atoms with Crippen molar-refractivity contribution < 1.29 is 13.9 Å². The fourth-order valence-electron chi connectivity index (χ4n) is 2.90. The first kappa shape index (κ1) is 18.0. The summed E-state index contributed by atoms with van der Waals surface area (Å²) in [6, 6.07) is 4.56. The van der Waals surface area contributed by atoms with E-state index < -0.39 is 0 Å². The molecular weight excluding hydrogens is 321 g/mol. The van der Waals surface area contributed by atoms with Crippen molar-refractivity contribution in [2.24, 2.45) is 0 Å². The van der Waals surface area contributed by atoms with Crippen molar-refractivity contribution in [2.75, 3.05) is 30.3 Å². The van der Waals surface area contributed by atoms with Crippen LogP contribution in [0, 0.1) is 5.82 Å². The van der Waals surface area contributed by atoms with E-state index in [1.807, 2.05) is 0 Å². The summed E-state index contributed by atoms with van der Waals surface area (Å²) < 4.78 is 19.6. The van der Waals surface area contributed by atoms with Gasteiger partial charge in [0.2, 0.25) is 5.91 Å². The first-order valence-electron chi connectivity index (χ1n) is 7.91. The molecule has 2 aliphatic heterocycles. The van der Waals surface area contributed by atoms with E-state index in [0.29, 0.717) is 17.9 Å². The Morgan fingerprint density at radius 2 is 2.22 bits per heavy atom. The van der Waals surface area contributed by atoms with Gasteiger partial charge in [0.05, 0.1) is 17.8 Å². The number of benzene rings is 1. The van der Waals surface area contributed by atoms with E-state index >= 15 is 0 Å². The number of nitrogens with one attached hydrogen (secondary N) is 3. The smallest absolute Gasteiger partial charge is 0.241 e. The molecule has 1 aromatic carbocycles. The molecule has 2 aliphatic rings. The molecule has 0 aliphatic carbocycles. The number of hydrogen-bond acceptors (Lipinski definition) is 4. The van der Waals surface area contributed by atoms with Crippen LogP contribution in [0.1, 0.15) is 25.7 Å². The molecule has 0 spiro atoms. The minimum Gasteiger partial charge on any atom is -0.380 e. The van der Waals surface area contributed by atoms with Gasteiger partial charge in [-0.25, -0.2) is 4.39 Å². The van der Waals surface area contributed by atoms with E-state index in [1.165, 1.54) is 6.07 Å². The van der Waals surface area contributed by atoms with Gasteiger partial charge in [-0.3, -0.25) is 4.79 Å². The monoisotopic (exact) mass is 343 g/mol. The van der Waals surface area contributed by atoms with Gasteiger partial charge in [0, 0.05) is 18.8 Å². The fourth-order valence-corrected chi connectivity index (χ4v) is 2.90. The van der Waals surface area contributed by atoms with Crippen LogP contribution in [-0.2, 0) is 9.53 Å². The Kier molecular flexibility index (Phi) is 6.62. The number of anilines is 2. The van der Waals surface area contributed by atoms with Gasteiger partial charge in [-0.2, -0.15) is 0 Å². The molecule has 2 saturated heterocycles. The van der Waals surface area contributed by atoms with Crippen LogP contribution in [0.25, 0.3) is 0 Å². The Hall–Kier alpha value is -1.37. The Labute approximate surface area is 141 Å². The first-order valence-corrected chi connectivity index (χ1v) is 7.91. The number of carbonyl (C=O) groups is 1. The Balaban J connectivity index is 0.00000192. The summed E-state index contributed by atoms with van der Waals surface area (Å²) in [6.07, 6.45) is 4.06. The van der Waals surface area contributed by atoms with E-state index in [0.717, 1.165) is 38.8 Å². The van der Waals surface area contributed by atoms with Gasteiger partial charge in [0.1, 0.15) is 5.82 Å². The number of amides is 1. The molecule has 1 unspecified atom stereocenters. The normalized spacial score (nSPS) is 23.3. The lowest BCUT2D eigenvalue weighted by Crippen LogP contribution is -2.35. The minimum atomic E-state index is -0.366. The Morgan fingerprint density at radius 3 is 2.87 bits per heavy atom. The molecule has 2 atom stereocenters. The summed E-state index contributed by atoms with van der Waals surface area (Å²) in [4.78, 5) is 12.0. The van der Waals surface area contributed by atoms with Crippen LogP contribution in [0.3, 0.4) is 0 Å². The highest BCUT2D eigenvalue weighted by Gasteiger charge is 2.22. The number of halogens is 2. The maximum Gasteiger partial charge on any atom is 0.241 e. The predicted octanol–water partition coefficient (Wildman–Crippen LogP) is 2.53. The lowest BCUT2D eigenvalue weighted by atomic mass is 10.2. The summed E-state index contributed by atoms with van der Waals surface area (Å²) in [6.45, 7) is 2.25. The molecule has 3 N–H and O–H groups in total. The quantitative estimate of drug-likeness (QED) is 0.769. The van der Waals surface area contributed by atoms with Crippen molar-refractivity contribution >= 4 is 29.7 Å². The second kappa shape index (κ2) is 8.47. The Morgan fingerprint density at radius 1 is 1.35 bits per heavy atom. The zero-order valence-electron chi connectivity index (χ0n) is 12.9. The van der Waals surface area contributed by atoms with Crippen LogP contribution >= 0.6 is 12.4 Å². The van der Waals surface area contributed by atoms with Gasteiger partial charge in [0.15, 0.2) is 0 Å². The maximum absolute atomic E-state index is 14.1. The molecule has 0 aromatic heterocycles. The number of rotatable bonds is 5. The molecule has 1 aromatic rings. The summed E-state index contributed by atoms with van der Waals surface area (Å²) >= 11 is 0. The van der Waals surface area contributed by atoms with Crippen LogP contribution < -0.4 is 16.0 Å².